The van der Waals surface area contributed by atoms with Crippen molar-refractivity contribution in [2.75, 3.05) is 6.54 Å². The Morgan fingerprint density at radius 3 is 2.80 bits per heavy atom. The van der Waals surface area contributed by atoms with Crippen LogP contribution < -0.4 is 10.1 Å². The number of benzene rings is 1. The van der Waals surface area contributed by atoms with Crippen LogP contribution in [0, 0.1) is 13.8 Å². The van der Waals surface area contributed by atoms with Crippen molar-refractivity contribution in [3.05, 3.63) is 41.0 Å². The number of nitrogens with one attached hydrogen (secondary N) is 1. The second kappa shape index (κ2) is 6.52. The molecule has 1 aromatic carbocycles. The Morgan fingerprint density at radius 2 is 2.15 bits per heavy atom. The van der Waals surface area contributed by atoms with Crippen molar-refractivity contribution in [1.29, 1.82) is 0 Å². The molecule has 1 atom stereocenters. The van der Waals surface area contributed by atoms with Crippen LogP contribution in [0.3, 0.4) is 0 Å². The monoisotopic (exact) mass is 275 g/mol. The van der Waals surface area contributed by atoms with Crippen molar-refractivity contribution in [3.8, 4) is 5.75 Å². The molecule has 0 radical (unpaired) electrons. The molecule has 5 heteroatoms. The smallest absolute Gasteiger partial charge is 0.223 e. The Kier molecular flexibility index (Phi) is 4.74. The molecule has 1 unspecified atom stereocenters. The zero-order chi connectivity index (χ0) is 14.5. The number of aromatic nitrogens is 2. The zero-order valence-electron chi connectivity index (χ0n) is 12.4. The zero-order valence-corrected chi connectivity index (χ0v) is 12.4. The Morgan fingerprint density at radius 1 is 1.35 bits per heavy atom. The first kappa shape index (κ1) is 14.5. The van der Waals surface area contributed by atoms with Gasteiger partial charge in [0.15, 0.2) is 6.61 Å². The molecule has 108 valence electrons. The Labute approximate surface area is 119 Å². The fourth-order valence-electron chi connectivity index (χ4n) is 2.08. The fraction of sp³-hybridized carbons (Fsp3) is 0.467. The van der Waals surface area contributed by atoms with Gasteiger partial charge in [-0.1, -0.05) is 24.2 Å². The van der Waals surface area contributed by atoms with Crippen molar-refractivity contribution < 1.29 is 9.26 Å². The van der Waals surface area contributed by atoms with Gasteiger partial charge in [0, 0.05) is 18.5 Å². The lowest BCUT2D eigenvalue weighted by molar-refractivity contribution is 0.280. The molecule has 0 saturated carbocycles. The second-order valence-corrected chi connectivity index (χ2v) is 4.84. The first-order valence-corrected chi connectivity index (χ1v) is 6.86. The fourth-order valence-corrected chi connectivity index (χ4v) is 2.08. The summed E-state index contributed by atoms with van der Waals surface area (Å²) in [7, 11) is 0. The quantitative estimate of drug-likeness (QED) is 0.878. The number of aryl methyl sites for hydroxylation is 2. The molecule has 2 aromatic rings. The molecule has 1 N–H and O–H groups in total. The van der Waals surface area contributed by atoms with E-state index in [1.165, 1.54) is 0 Å². The Bertz CT molecular complexity index is 566. The third-order valence-electron chi connectivity index (χ3n) is 3.07. The number of rotatable bonds is 6. The van der Waals surface area contributed by atoms with E-state index in [-0.39, 0.29) is 6.04 Å². The van der Waals surface area contributed by atoms with E-state index in [2.05, 4.69) is 41.4 Å². The molecule has 0 aliphatic heterocycles. The van der Waals surface area contributed by atoms with E-state index in [1.807, 2.05) is 13.0 Å². The van der Waals surface area contributed by atoms with Gasteiger partial charge in [-0.3, -0.25) is 0 Å². The Hall–Kier alpha value is -1.88. The molecule has 0 bridgehead atoms. The maximum atomic E-state index is 5.86. The van der Waals surface area contributed by atoms with Gasteiger partial charge in [0.1, 0.15) is 5.75 Å². The molecule has 2 rings (SSSR count). The largest absolute Gasteiger partial charge is 0.485 e. The predicted molar refractivity (Wildman–Crippen MR) is 76.6 cm³/mol. The molecule has 0 amide bonds. The molecule has 1 aromatic heterocycles. The number of hydrogen-bond donors (Lipinski definition) is 1. The minimum atomic E-state index is 0.239. The SMILES string of the molecule is CCNC(C)c1ccc(C)cc1OCc1noc(C)n1. The molecule has 0 aliphatic rings. The molecule has 20 heavy (non-hydrogen) atoms. The number of nitrogens with zero attached hydrogens (tertiary/aromatic N) is 2. The molecule has 1 heterocycles. The third kappa shape index (κ3) is 3.57. The summed E-state index contributed by atoms with van der Waals surface area (Å²) in [6, 6.07) is 6.46. The van der Waals surface area contributed by atoms with Crippen LogP contribution >= 0.6 is 0 Å². The van der Waals surface area contributed by atoms with Crippen LogP contribution in [0.15, 0.2) is 22.7 Å². The van der Waals surface area contributed by atoms with Crippen molar-refractivity contribution >= 4 is 0 Å². The highest BCUT2D eigenvalue weighted by Crippen LogP contribution is 2.27. The van der Waals surface area contributed by atoms with E-state index in [0.29, 0.717) is 18.3 Å². The lowest BCUT2D eigenvalue weighted by Gasteiger charge is -2.17. The molecular weight excluding hydrogens is 254 g/mol. The van der Waals surface area contributed by atoms with E-state index in [9.17, 15) is 0 Å². The van der Waals surface area contributed by atoms with E-state index in [0.717, 1.165) is 23.4 Å². The number of hydrogen-bond acceptors (Lipinski definition) is 5. The first-order valence-electron chi connectivity index (χ1n) is 6.86. The average molecular weight is 275 g/mol. The first-order chi connectivity index (χ1) is 9.60. The summed E-state index contributed by atoms with van der Waals surface area (Å²) in [4.78, 5) is 4.14. The van der Waals surface area contributed by atoms with Gasteiger partial charge in [0.2, 0.25) is 11.7 Å². The second-order valence-electron chi connectivity index (χ2n) is 4.84. The van der Waals surface area contributed by atoms with Crippen LogP contribution in [-0.2, 0) is 6.61 Å². The van der Waals surface area contributed by atoms with Gasteiger partial charge in [0.25, 0.3) is 0 Å². The van der Waals surface area contributed by atoms with Gasteiger partial charge in [0.05, 0.1) is 0 Å². The highest BCUT2D eigenvalue weighted by molar-refractivity contribution is 5.39. The van der Waals surface area contributed by atoms with Crippen molar-refractivity contribution in [2.45, 2.75) is 40.3 Å². The molecule has 0 fully saturated rings. The Balaban J connectivity index is 2.14. The van der Waals surface area contributed by atoms with Gasteiger partial charge in [-0.2, -0.15) is 4.98 Å². The van der Waals surface area contributed by atoms with E-state index < -0.39 is 0 Å². The van der Waals surface area contributed by atoms with Crippen LogP contribution in [0.5, 0.6) is 5.75 Å². The summed E-state index contributed by atoms with van der Waals surface area (Å²) in [5.41, 5.74) is 2.30. The van der Waals surface area contributed by atoms with Gasteiger partial charge >= 0.3 is 0 Å². The molecular formula is C15H21N3O2. The maximum absolute atomic E-state index is 5.86. The minimum Gasteiger partial charge on any atom is -0.485 e. The predicted octanol–water partition coefficient (Wildman–Crippen LogP) is 2.94. The normalized spacial score (nSPS) is 12.4. The van der Waals surface area contributed by atoms with Gasteiger partial charge in [-0.15, -0.1) is 0 Å². The highest BCUT2D eigenvalue weighted by atomic mass is 16.5. The van der Waals surface area contributed by atoms with Crippen LogP contribution in [0.1, 0.15) is 42.7 Å². The lowest BCUT2D eigenvalue weighted by atomic mass is 10.0. The van der Waals surface area contributed by atoms with Crippen LogP contribution in [-0.4, -0.2) is 16.7 Å². The van der Waals surface area contributed by atoms with E-state index >= 15 is 0 Å². The van der Waals surface area contributed by atoms with Gasteiger partial charge in [-0.05, 0) is 32.0 Å². The molecule has 0 spiro atoms. The maximum Gasteiger partial charge on any atom is 0.223 e. The van der Waals surface area contributed by atoms with Crippen LogP contribution in [0.25, 0.3) is 0 Å². The average Bonchev–Trinajstić information content (AvgIpc) is 2.82. The van der Waals surface area contributed by atoms with Crippen molar-refractivity contribution in [2.24, 2.45) is 0 Å². The van der Waals surface area contributed by atoms with Crippen LogP contribution in [0.4, 0.5) is 0 Å². The molecule has 0 aliphatic carbocycles. The van der Waals surface area contributed by atoms with Crippen LogP contribution in [0.2, 0.25) is 0 Å². The molecule has 0 saturated heterocycles. The summed E-state index contributed by atoms with van der Waals surface area (Å²) in [5.74, 6) is 1.97. The summed E-state index contributed by atoms with van der Waals surface area (Å²) in [6.07, 6.45) is 0. The number of ether oxygens (including phenoxy) is 1. The summed E-state index contributed by atoms with van der Waals surface area (Å²) in [5, 5.41) is 7.23. The van der Waals surface area contributed by atoms with Gasteiger partial charge < -0.3 is 14.6 Å². The van der Waals surface area contributed by atoms with E-state index in [4.69, 9.17) is 9.26 Å². The lowest BCUT2D eigenvalue weighted by Crippen LogP contribution is -2.18. The summed E-state index contributed by atoms with van der Waals surface area (Å²) < 4.78 is 10.8. The minimum absolute atomic E-state index is 0.239. The molecule has 5 nitrogen and oxygen atoms in total. The van der Waals surface area contributed by atoms with Crippen molar-refractivity contribution in [1.82, 2.24) is 15.5 Å². The summed E-state index contributed by atoms with van der Waals surface area (Å²) >= 11 is 0. The third-order valence-corrected chi connectivity index (χ3v) is 3.07. The van der Waals surface area contributed by atoms with E-state index in [1.54, 1.807) is 6.92 Å². The van der Waals surface area contributed by atoms with Crippen molar-refractivity contribution in [3.63, 3.8) is 0 Å². The summed E-state index contributed by atoms with van der Waals surface area (Å²) in [6.45, 7) is 9.26. The highest BCUT2D eigenvalue weighted by Gasteiger charge is 2.12. The topological polar surface area (TPSA) is 60.2 Å². The standard InChI is InChI=1S/C15H21N3O2/c1-5-16-11(3)13-7-6-10(2)8-14(13)19-9-15-17-12(4)20-18-15/h6-8,11,16H,5,9H2,1-4H3. The van der Waals surface area contributed by atoms with Gasteiger partial charge in [-0.25, -0.2) is 0 Å².